The molecule has 0 spiro atoms. The lowest BCUT2D eigenvalue weighted by atomic mass is 9.41. The summed E-state index contributed by atoms with van der Waals surface area (Å²) in [5.41, 5.74) is -0.520. The van der Waals surface area contributed by atoms with E-state index in [2.05, 4.69) is 10.2 Å². The predicted octanol–water partition coefficient (Wildman–Crippen LogP) is 5.35. The fourth-order valence-corrected chi connectivity index (χ4v) is 7.47. The lowest BCUT2D eigenvalue weighted by molar-refractivity contribution is -0.211. The highest BCUT2D eigenvalue weighted by atomic mass is 19.1. The van der Waals surface area contributed by atoms with E-state index in [0.29, 0.717) is 43.5 Å². The molecule has 0 aliphatic heterocycles. The van der Waals surface area contributed by atoms with Crippen molar-refractivity contribution in [2.24, 2.45) is 16.2 Å². The van der Waals surface area contributed by atoms with Crippen molar-refractivity contribution >= 4 is 17.6 Å². The van der Waals surface area contributed by atoms with E-state index in [1.807, 2.05) is 29.2 Å². The second-order valence-corrected chi connectivity index (χ2v) is 12.4. The van der Waals surface area contributed by atoms with E-state index >= 15 is 0 Å². The van der Waals surface area contributed by atoms with Crippen molar-refractivity contribution in [3.8, 4) is 11.5 Å². The van der Waals surface area contributed by atoms with Gasteiger partial charge in [-0.25, -0.2) is 4.39 Å². The van der Waals surface area contributed by atoms with Crippen molar-refractivity contribution in [3.05, 3.63) is 30.2 Å². The number of nitrogens with zero attached hydrogens (tertiary/aromatic N) is 3. The second-order valence-electron chi connectivity index (χ2n) is 12.4. The summed E-state index contributed by atoms with van der Waals surface area (Å²) < 4.78 is 25.5. The van der Waals surface area contributed by atoms with E-state index in [1.165, 1.54) is 7.11 Å². The molecule has 2 aromatic rings. The van der Waals surface area contributed by atoms with Crippen LogP contribution in [0.2, 0.25) is 0 Å². The monoisotopic (exact) mass is 493 g/mol. The number of fused-ring (bicyclic) bond motifs is 3. The number of ether oxygens (including phenoxy) is 1. The van der Waals surface area contributed by atoms with Gasteiger partial charge in [0.15, 0.2) is 0 Å². The number of aromatic nitrogens is 2. The zero-order chi connectivity index (χ0) is 24.8. The van der Waals surface area contributed by atoms with Crippen LogP contribution in [0, 0.1) is 16.2 Å². The third-order valence-electron chi connectivity index (χ3n) is 9.95. The number of anilines is 1. The average Bonchev–Trinajstić information content (AvgIpc) is 3.61. The van der Waals surface area contributed by atoms with Crippen molar-refractivity contribution in [2.75, 3.05) is 18.6 Å². The molecule has 0 radical (unpaired) electrons. The van der Waals surface area contributed by atoms with Gasteiger partial charge >= 0.3 is 5.97 Å². The van der Waals surface area contributed by atoms with E-state index < -0.39 is 11.1 Å². The Morgan fingerprint density at radius 3 is 2.36 bits per heavy atom. The number of esters is 1. The second kappa shape index (κ2) is 7.39. The predicted molar refractivity (Wildman–Crippen MR) is 129 cm³/mol. The van der Waals surface area contributed by atoms with Gasteiger partial charge in [0, 0.05) is 23.7 Å². The molecule has 7 saturated carbocycles. The van der Waals surface area contributed by atoms with Crippen LogP contribution in [0.3, 0.4) is 0 Å². The van der Waals surface area contributed by atoms with Crippen LogP contribution in [0.25, 0.3) is 11.5 Å². The summed E-state index contributed by atoms with van der Waals surface area (Å²) in [6, 6.07) is 7.77. The van der Waals surface area contributed by atoms with Gasteiger partial charge in [0.25, 0.3) is 0 Å². The molecule has 1 aromatic carbocycles. The number of amides is 1. The van der Waals surface area contributed by atoms with Gasteiger partial charge in [-0.3, -0.25) is 9.59 Å². The molecule has 1 amide bonds. The molecule has 0 N–H and O–H groups in total. The lowest BCUT2D eigenvalue weighted by Crippen LogP contribution is -2.71. The summed E-state index contributed by atoms with van der Waals surface area (Å²) in [5, 5.41) is 8.47. The van der Waals surface area contributed by atoms with Crippen LogP contribution in [0.1, 0.15) is 82.4 Å². The standard InChI is InChI=1S/C28H32FN3O4/c1-35-24(34)26-10-7-25(8-11-26,9-12-26)17-32(23(33)27-14-28(29,15-27)16-27)20-4-2-3-19(13-20)22-31-30-21(36-22)18-5-6-18/h2-4,13,18H,5-12,14-17H2,1H3. The maximum atomic E-state index is 14.4. The molecule has 1 aromatic heterocycles. The minimum absolute atomic E-state index is 0.0353. The molecule has 7 aliphatic carbocycles. The molecule has 0 atom stereocenters. The van der Waals surface area contributed by atoms with Crippen LogP contribution in [0.4, 0.5) is 10.1 Å². The SMILES string of the molecule is COC(=O)C12CCC(CN(C(=O)C34CC(F)(C3)C4)c3cccc(-c4nnc(C5CC5)o4)c3)(CC1)CC2. The largest absolute Gasteiger partial charge is 0.469 e. The first kappa shape index (κ1) is 22.4. The van der Waals surface area contributed by atoms with Gasteiger partial charge in [-0.15, -0.1) is 10.2 Å². The highest BCUT2D eigenvalue weighted by Crippen LogP contribution is 2.70. The molecule has 36 heavy (non-hydrogen) atoms. The summed E-state index contributed by atoms with van der Waals surface area (Å²) in [6.07, 6.45) is 8.24. The number of carbonyl (C=O) groups is 2. The van der Waals surface area contributed by atoms with Crippen LogP contribution in [0.5, 0.6) is 0 Å². The number of methoxy groups -OCH3 is 1. The van der Waals surface area contributed by atoms with Gasteiger partial charge in [0.1, 0.15) is 5.67 Å². The number of benzene rings is 1. The van der Waals surface area contributed by atoms with E-state index in [0.717, 1.165) is 62.6 Å². The maximum Gasteiger partial charge on any atom is 0.311 e. The quantitative estimate of drug-likeness (QED) is 0.483. The molecule has 190 valence electrons. The number of hydrogen-bond donors (Lipinski definition) is 0. The Morgan fingerprint density at radius 2 is 1.75 bits per heavy atom. The first-order valence-electron chi connectivity index (χ1n) is 13.3. The maximum absolute atomic E-state index is 14.4. The molecule has 7 fully saturated rings. The normalized spacial score (nSPS) is 36.1. The molecule has 0 saturated heterocycles. The summed E-state index contributed by atoms with van der Waals surface area (Å²) in [6.45, 7) is 0.588. The van der Waals surface area contributed by atoms with Crippen molar-refractivity contribution in [2.45, 2.75) is 82.2 Å². The minimum Gasteiger partial charge on any atom is -0.469 e. The summed E-state index contributed by atoms with van der Waals surface area (Å²) in [4.78, 5) is 28.4. The van der Waals surface area contributed by atoms with Crippen molar-refractivity contribution in [1.82, 2.24) is 10.2 Å². The number of carbonyl (C=O) groups excluding carboxylic acids is 2. The molecule has 7 aliphatic rings. The number of halogens is 1. The molecular weight excluding hydrogens is 461 g/mol. The van der Waals surface area contributed by atoms with Crippen LogP contribution in [0.15, 0.2) is 28.7 Å². The molecule has 9 rings (SSSR count). The smallest absolute Gasteiger partial charge is 0.311 e. The van der Waals surface area contributed by atoms with Crippen LogP contribution >= 0.6 is 0 Å². The van der Waals surface area contributed by atoms with E-state index in [1.54, 1.807) is 0 Å². The van der Waals surface area contributed by atoms with Gasteiger partial charge in [0.05, 0.1) is 17.9 Å². The molecule has 0 unspecified atom stereocenters. The minimum atomic E-state index is -1.14. The molecule has 4 bridgehead atoms. The first-order valence-corrected chi connectivity index (χ1v) is 13.3. The Labute approximate surface area is 209 Å². The van der Waals surface area contributed by atoms with Crippen LogP contribution < -0.4 is 4.90 Å². The lowest BCUT2D eigenvalue weighted by Gasteiger charge is -2.65. The summed E-state index contributed by atoms with van der Waals surface area (Å²) >= 11 is 0. The highest BCUT2D eigenvalue weighted by molar-refractivity contribution is 6.00. The number of alkyl halides is 1. The molecule has 8 heteroatoms. The van der Waals surface area contributed by atoms with Crippen molar-refractivity contribution in [1.29, 1.82) is 0 Å². The summed E-state index contributed by atoms with van der Waals surface area (Å²) in [7, 11) is 1.47. The van der Waals surface area contributed by atoms with Gasteiger partial charge < -0.3 is 14.1 Å². The van der Waals surface area contributed by atoms with Gasteiger partial charge in [0.2, 0.25) is 17.7 Å². The highest BCUT2D eigenvalue weighted by Gasteiger charge is 2.73. The van der Waals surface area contributed by atoms with E-state index in [9.17, 15) is 14.0 Å². The number of rotatable bonds is 7. The van der Waals surface area contributed by atoms with Crippen molar-refractivity contribution in [3.63, 3.8) is 0 Å². The Morgan fingerprint density at radius 1 is 1.06 bits per heavy atom. The number of hydrogen-bond acceptors (Lipinski definition) is 6. The van der Waals surface area contributed by atoms with Crippen LogP contribution in [-0.4, -0.2) is 41.4 Å². The first-order chi connectivity index (χ1) is 17.3. The fraction of sp³-hybridized carbons (Fsp3) is 0.643. The Bertz CT molecular complexity index is 1210. The third-order valence-corrected chi connectivity index (χ3v) is 9.95. The average molecular weight is 494 g/mol. The van der Waals surface area contributed by atoms with Crippen molar-refractivity contribution < 1.29 is 23.1 Å². The topological polar surface area (TPSA) is 85.5 Å². The molecule has 1 heterocycles. The fourth-order valence-electron chi connectivity index (χ4n) is 7.47. The van der Waals surface area contributed by atoms with Gasteiger partial charge in [-0.05, 0) is 94.2 Å². The van der Waals surface area contributed by atoms with Gasteiger partial charge in [-0.1, -0.05) is 6.07 Å². The Balaban J connectivity index is 1.18. The van der Waals surface area contributed by atoms with Crippen LogP contribution in [-0.2, 0) is 14.3 Å². The zero-order valence-electron chi connectivity index (χ0n) is 20.7. The summed E-state index contributed by atoms with van der Waals surface area (Å²) in [5.74, 6) is 1.47. The molecular formula is C28H32FN3O4. The van der Waals surface area contributed by atoms with Gasteiger partial charge in [-0.2, -0.15) is 0 Å². The Hall–Kier alpha value is -2.77. The third kappa shape index (κ3) is 3.28. The van der Waals surface area contributed by atoms with E-state index in [-0.39, 0.29) is 22.7 Å². The van der Waals surface area contributed by atoms with E-state index in [4.69, 9.17) is 9.15 Å². The zero-order valence-corrected chi connectivity index (χ0v) is 20.7. The molecule has 7 nitrogen and oxygen atoms in total. The Kier molecular flexibility index (Phi) is 4.60.